The summed E-state index contributed by atoms with van der Waals surface area (Å²) < 4.78 is 0. The predicted octanol–water partition coefficient (Wildman–Crippen LogP) is 3.55. The van der Waals surface area contributed by atoms with Gasteiger partial charge in [-0.05, 0) is 74.2 Å². The van der Waals surface area contributed by atoms with E-state index in [2.05, 4.69) is 48.3 Å². The number of rotatable bonds is 2. The Morgan fingerprint density at radius 3 is 2.48 bits per heavy atom. The molecule has 4 N–H and O–H groups in total. The topological polar surface area (TPSA) is 48.1 Å². The molecule has 1 fully saturated rings. The Bertz CT molecular complexity index is 574. The van der Waals surface area contributed by atoms with E-state index in [0.29, 0.717) is 22.2 Å². The minimum Gasteiger partial charge on any atom is -0.358 e. The van der Waals surface area contributed by atoms with Crippen molar-refractivity contribution < 1.29 is 0 Å². The van der Waals surface area contributed by atoms with Crippen LogP contribution in [0, 0.1) is 19.8 Å². The summed E-state index contributed by atoms with van der Waals surface area (Å²) in [5.41, 5.74) is 9.34. The fraction of sp³-hybridized carbons (Fsp3) is 0.529. The third kappa shape index (κ3) is 5.32. The molecule has 0 heterocycles. The predicted molar refractivity (Wildman–Crippen MR) is 106 cm³/mol. The van der Waals surface area contributed by atoms with Gasteiger partial charge in [0.05, 0.1) is 0 Å². The first-order valence-electron chi connectivity index (χ1n) is 8.17. The molecule has 0 saturated heterocycles. The zero-order valence-electron chi connectivity index (χ0n) is 14.0. The second kappa shape index (κ2) is 8.45. The van der Waals surface area contributed by atoms with Crippen LogP contribution in [0.15, 0.2) is 18.2 Å². The minimum absolute atomic E-state index is 0.450. The first-order chi connectivity index (χ1) is 11.0. The number of hydrogen-bond donors (Lipinski definition) is 4. The molecule has 1 aromatic carbocycles. The highest BCUT2D eigenvalue weighted by molar-refractivity contribution is 7.80. The summed E-state index contributed by atoms with van der Waals surface area (Å²) in [5.74, 6) is 0.656. The van der Waals surface area contributed by atoms with Crippen LogP contribution in [-0.2, 0) is 0 Å². The van der Waals surface area contributed by atoms with Crippen molar-refractivity contribution in [3.63, 3.8) is 0 Å². The highest BCUT2D eigenvalue weighted by atomic mass is 32.1. The maximum atomic E-state index is 5.35. The number of benzene rings is 1. The van der Waals surface area contributed by atoms with Gasteiger partial charge in [-0.25, -0.2) is 0 Å². The van der Waals surface area contributed by atoms with E-state index in [9.17, 15) is 0 Å². The van der Waals surface area contributed by atoms with Crippen molar-refractivity contribution in [1.82, 2.24) is 16.2 Å². The Labute approximate surface area is 149 Å². The molecule has 1 aromatic rings. The van der Waals surface area contributed by atoms with Crippen LogP contribution in [0.1, 0.15) is 43.7 Å². The molecule has 23 heavy (non-hydrogen) atoms. The van der Waals surface area contributed by atoms with Crippen LogP contribution < -0.4 is 21.5 Å². The molecule has 1 aliphatic carbocycles. The van der Waals surface area contributed by atoms with Gasteiger partial charge < -0.3 is 10.6 Å². The molecular formula is C17H26N4S2. The number of hydrazine groups is 1. The highest BCUT2D eigenvalue weighted by Crippen LogP contribution is 2.23. The largest absolute Gasteiger partial charge is 0.358 e. The average Bonchev–Trinajstić information content (AvgIpc) is 2.52. The van der Waals surface area contributed by atoms with E-state index >= 15 is 0 Å². The van der Waals surface area contributed by atoms with Gasteiger partial charge in [0.25, 0.3) is 0 Å². The SMILES string of the molecule is Cc1cccc(NC(=S)NNC(=S)N[C@H]2CCCC[C@H]2C)c1C. The summed E-state index contributed by atoms with van der Waals surface area (Å²) in [7, 11) is 0. The standard InChI is InChI=1S/C17H26N4S2/c1-11-8-6-10-15(13(11)3)19-17(23)21-20-16(22)18-14-9-5-4-7-12(14)2/h6,8,10,12,14H,4-5,7,9H2,1-3H3,(H2,18,20,22)(H2,19,21,23)/t12-,14+/m1/s1. The fourth-order valence-electron chi connectivity index (χ4n) is 2.89. The van der Waals surface area contributed by atoms with Crippen LogP contribution >= 0.6 is 24.4 Å². The maximum Gasteiger partial charge on any atom is 0.189 e. The van der Waals surface area contributed by atoms with Crippen LogP contribution in [0.3, 0.4) is 0 Å². The summed E-state index contributed by atoms with van der Waals surface area (Å²) in [6.07, 6.45) is 5.03. The lowest BCUT2D eigenvalue weighted by Gasteiger charge is -2.30. The molecule has 6 heteroatoms. The van der Waals surface area contributed by atoms with E-state index in [-0.39, 0.29) is 0 Å². The lowest BCUT2D eigenvalue weighted by molar-refractivity contribution is 0.308. The first-order valence-corrected chi connectivity index (χ1v) is 8.98. The fourth-order valence-corrected chi connectivity index (χ4v) is 3.25. The second-order valence-electron chi connectivity index (χ2n) is 6.29. The van der Waals surface area contributed by atoms with E-state index in [1.54, 1.807) is 0 Å². The van der Waals surface area contributed by atoms with Crippen LogP contribution in [0.5, 0.6) is 0 Å². The van der Waals surface area contributed by atoms with Crippen LogP contribution in [0.4, 0.5) is 5.69 Å². The van der Waals surface area contributed by atoms with Crippen LogP contribution in [0.25, 0.3) is 0 Å². The molecule has 0 bridgehead atoms. The van der Waals surface area contributed by atoms with Gasteiger partial charge in [-0.3, -0.25) is 10.9 Å². The summed E-state index contributed by atoms with van der Waals surface area (Å²) in [6, 6.07) is 6.55. The first kappa shape index (κ1) is 17.9. The quantitative estimate of drug-likeness (QED) is 0.483. The molecule has 0 amide bonds. The summed E-state index contributed by atoms with van der Waals surface area (Å²) >= 11 is 10.7. The molecule has 0 spiro atoms. The van der Waals surface area contributed by atoms with Crippen molar-refractivity contribution in [3.8, 4) is 0 Å². The molecule has 2 rings (SSSR count). The van der Waals surface area contributed by atoms with E-state index in [1.807, 2.05) is 12.1 Å². The van der Waals surface area contributed by atoms with Gasteiger partial charge in [-0.2, -0.15) is 0 Å². The number of aryl methyl sites for hydroxylation is 1. The van der Waals surface area contributed by atoms with Crippen LogP contribution in [0.2, 0.25) is 0 Å². The molecule has 0 radical (unpaired) electrons. The van der Waals surface area contributed by atoms with Crippen molar-refractivity contribution in [3.05, 3.63) is 29.3 Å². The number of thiocarbonyl (C=S) groups is 2. The zero-order chi connectivity index (χ0) is 16.8. The molecule has 0 aliphatic heterocycles. The highest BCUT2D eigenvalue weighted by Gasteiger charge is 2.21. The van der Waals surface area contributed by atoms with Gasteiger partial charge in [0.1, 0.15) is 0 Å². The number of hydrogen-bond acceptors (Lipinski definition) is 2. The molecule has 1 aliphatic rings. The second-order valence-corrected chi connectivity index (χ2v) is 7.11. The Kier molecular flexibility index (Phi) is 6.59. The summed E-state index contributed by atoms with van der Waals surface area (Å²) in [5, 5.41) is 7.66. The van der Waals surface area contributed by atoms with Gasteiger partial charge in [-0.1, -0.05) is 31.9 Å². The Balaban J connectivity index is 1.77. The van der Waals surface area contributed by atoms with Gasteiger partial charge in [0.15, 0.2) is 10.2 Å². The van der Waals surface area contributed by atoms with E-state index in [1.165, 1.54) is 36.8 Å². The Morgan fingerprint density at radius 2 is 1.74 bits per heavy atom. The van der Waals surface area contributed by atoms with Crippen LogP contribution in [-0.4, -0.2) is 16.3 Å². The van der Waals surface area contributed by atoms with E-state index < -0.39 is 0 Å². The Hall–Kier alpha value is -1.40. The molecule has 0 unspecified atom stereocenters. The molecule has 0 aromatic heterocycles. The molecule has 4 nitrogen and oxygen atoms in total. The molecule has 126 valence electrons. The number of anilines is 1. The van der Waals surface area contributed by atoms with Gasteiger partial charge in [0, 0.05) is 11.7 Å². The minimum atomic E-state index is 0.450. The van der Waals surface area contributed by atoms with Crippen molar-refractivity contribution >= 4 is 40.3 Å². The molecule has 2 atom stereocenters. The smallest absolute Gasteiger partial charge is 0.189 e. The average molecular weight is 351 g/mol. The Morgan fingerprint density at radius 1 is 1.04 bits per heavy atom. The maximum absolute atomic E-state index is 5.35. The lowest BCUT2D eigenvalue weighted by Crippen LogP contribution is -2.52. The van der Waals surface area contributed by atoms with E-state index in [0.717, 1.165) is 5.69 Å². The zero-order valence-corrected chi connectivity index (χ0v) is 15.7. The van der Waals surface area contributed by atoms with Gasteiger partial charge >= 0.3 is 0 Å². The van der Waals surface area contributed by atoms with Gasteiger partial charge in [0.2, 0.25) is 0 Å². The van der Waals surface area contributed by atoms with Crippen molar-refractivity contribution in [2.45, 2.75) is 52.5 Å². The number of nitrogens with one attached hydrogen (secondary N) is 4. The normalized spacial score (nSPS) is 20.5. The molecular weight excluding hydrogens is 324 g/mol. The van der Waals surface area contributed by atoms with Crippen molar-refractivity contribution in [2.24, 2.45) is 5.92 Å². The summed E-state index contributed by atoms with van der Waals surface area (Å²) in [4.78, 5) is 0. The van der Waals surface area contributed by atoms with Crippen molar-refractivity contribution in [2.75, 3.05) is 5.32 Å². The monoisotopic (exact) mass is 350 g/mol. The van der Waals surface area contributed by atoms with E-state index in [4.69, 9.17) is 24.4 Å². The lowest BCUT2D eigenvalue weighted by atomic mass is 9.86. The molecule has 1 saturated carbocycles. The third-order valence-corrected chi connectivity index (χ3v) is 4.99. The van der Waals surface area contributed by atoms with Gasteiger partial charge in [-0.15, -0.1) is 0 Å². The summed E-state index contributed by atoms with van der Waals surface area (Å²) in [6.45, 7) is 6.43. The van der Waals surface area contributed by atoms with Crippen molar-refractivity contribution in [1.29, 1.82) is 0 Å². The third-order valence-electron chi connectivity index (χ3n) is 4.57.